The van der Waals surface area contributed by atoms with Gasteiger partial charge >= 0.3 is 0 Å². The van der Waals surface area contributed by atoms with E-state index in [2.05, 4.69) is 111 Å². The van der Waals surface area contributed by atoms with Gasteiger partial charge in [-0.1, -0.05) is 136 Å². The Bertz CT molecular complexity index is 2340. The molecule has 0 saturated heterocycles. The van der Waals surface area contributed by atoms with Crippen molar-refractivity contribution in [2.24, 2.45) is 0 Å². The second-order valence-electron chi connectivity index (χ2n) is 17.9. The molecule has 390 valence electrons. The minimum Gasteiger partial charge on any atom is -0.494 e. The van der Waals surface area contributed by atoms with Crippen molar-refractivity contribution in [3.8, 4) is 40.2 Å². The number of ether oxygens (including phenoxy) is 8. The van der Waals surface area contributed by atoms with E-state index in [1.165, 1.54) is 48.0 Å². The van der Waals surface area contributed by atoms with E-state index in [0.717, 1.165) is 74.0 Å². The van der Waals surface area contributed by atoms with Crippen molar-refractivity contribution in [3.63, 3.8) is 0 Å². The number of hydrogen-bond acceptors (Lipinski definition) is 8. The van der Waals surface area contributed by atoms with Crippen LogP contribution in [-0.2, 0) is 24.6 Å². The molecule has 8 nitrogen and oxygen atoms in total. The minimum absolute atomic E-state index is 0.296. The Balaban J connectivity index is 0.959. The van der Waals surface area contributed by atoms with Crippen LogP contribution in [0.5, 0.6) is 40.2 Å². The lowest BCUT2D eigenvalue weighted by Gasteiger charge is -2.19. The fraction of sp³-hybridized carbons (Fsp3) is 0.323. The number of rotatable bonds is 39. The second-order valence-corrected chi connectivity index (χ2v) is 20.2. The first-order valence-corrected chi connectivity index (χ1v) is 27.7. The summed E-state index contributed by atoms with van der Waals surface area (Å²) in [6.45, 7) is 19.8. The molecule has 0 bridgehead atoms. The smallest absolute Gasteiger partial charge is 0.123 e. The summed E-state index contributed by atoms with van der Waals surface area (Å²) in [6, 6.07) is 48.1. The van der Waals surface area contributed by atoms with Crippen molar-refractivity contribution < 1.29 is 37.9 Å². The zero-order valence-electron chi connectivity index (χ0n) is 43.5. The summed E-state index contributed by atoms with van der Waals surface area (Å²) in [6.07, 6.45) is 19.6. The predicted octanol–water partition coefficient (Wildman–Crippen LogP) is 15.1. The summed E-state index contributed by atoms with van der Waals surface area (Å²) in [5, 5.41) is 4.03. The molecule has 9 heteroatoms. The molecule has 0 N–H and O–H groups in total. The van der Waals surface area contributed by atoms with Gasteiger partial charge in [0.1, 0.15) is 53.5 Å². The highest BCUT2D eigenvalue weighted by Crippen LogP contribution is 2.34. The van der Waals surface area contributed by atoms with Gasteiger partial charge in [0.2, 0.25) is 0 Å². The van der Waals surface area contributed by atoms with Gasteiger partial charge in [-0.05, 0) is 128 Å². The predicted molar refractivity (Wildman–Crippen MR) is 306 cm³/mol. The van der Waals surface area contributed by atoms with Crippen molar-refractivity contribution in [1.82, 2.24) is 0 Å². The zero-order chi connectivity index (χ0) is 51.7. The van der Waals surface area contributed by atoms with Crippen LogP contribution in [0.15, 0.2) is 190 Å². The molecule has 0 amide bonds. The van der Waals surface area contributed by atoms with Gasteiger partial charge in [0, 0.05) is 24.8 Å². The normalized spacial score (nSPS) is 10.9. The van der Waals surface area contributed by atoms with Crippen molar-refractivity contribution >= 4 is 23.8 Å². The van der Waals surface area contributed by atoms with Gasteiger partial charge in [0.05, 0.1) is 39.6 Å². The Kier molecular flexibility index (Phi) is 25.9. The molecular weight excluding hydrogens is 940 g/mol. The van der Waals surface area contributed by atoms with Crippen LogP contribution < -0.4 is 49.1 Å². The van der Waals surface area contributed by atoms with E-state index in [0.29, 0.717) is 87.4 Å². The van der Waals surface area contributed by atoms with Crippen LogP contribution in [-0.4, -0.2) is 39.6 Å². The van der Waals surface area contributed by atoms with Gasteiger partial charge in [-0.25, -0.2) is 0 Å². The standard InChI is InChI=1S/C65H77O8P/c1-5-9-36-68-57-43-54(44-58(47-57)69-37-10-6-2)51-72-61-41-53(42-62(49-61)73-52-55-45-59(70-38-11-7-3)48-60(46-55)71-39-12-8-4)50-66-35-25-17-15-13-14-16-18-26-40-67-56-31-33-65(34-32-56)74(63-27-21-19-22-28-63)64-29-23-20-24-30-64/h5-8,19-24,27-34,41-49H,1-4,9-18,25-26,35-40,50-52H2. The van der Waals surface area contributed by atoms with E-state index in [1.54, 1.807) is 0 Å². The van der Waals surface area contributed by atoms with Crippen LogP contribution in [0.1, 0.15) is 93.7 Å². The summed E-state index contributed by atoms with van der Waals surface area (Å²) in [4.78, 5) is 0. The highest BCUT2D eigenvalue weighted by molar-refractivity contribution is 7.79. The summed E-state index contributed by atoms with van der Waals surface area (Å²) >= 11 is 0. The topological polar surface area (TPSA) is 73.8 Å². The average Bonchev–Trinajstić information content (AvgIpc) is 3.42. The van der Waals surface area contributed by atoms with E-state index in [1.807, 2.05) is 78.9 Å². The molecule has 0 fully saturated rings. The molecule has 0 radical (unpaired) electrons. The van der Waals surface area contributed by atoms with Gasteiger partial charge in [-0.3, -0.25) is 0 Å². The largest absolute Gasteiger partial charge is 0.494 e. The third kappa shape index (κ3) is 21.0. The van der Waals surface area contributed by atoms with E-state index in [4.69, 9.17) is 37.9 Å². The average molecular weight is 1020 g/mol. The van der Waals surface area contributed by atoms with Gasteiger partial charge in [0.25, 0.3) is 0 Å². The lowest BCUT2D eigenvalue weighted by atomic mass is 10.1. The number of benzene rings is 6. The molecule has 0 aliphatic heterocycles. The van der Waals surface area contributed by atoms with Crippen molar-refractivity contribution in [3.05, 3.63) is 207 Å². The first-order chi connectivity index (χ1) is 36.5. The lowest BCUT2D eigenvalue weighted by Crippen LogP contribution is -2.20. The maximum atomic E-state index is 6.46. The van der Waals surface area contributed by atoms with Crippen LogP contribution in [0.3, 0.4) is 0 Å². The van der Waals surface area contributed by atoms with Gasteiger partial charge in [-0.15, -0.1) is 26.3 Å². The molecule has 0 aromatic heterocycles. The van der Waals surface area contributed by atoms with Gasteiger partial charge in [0.15, 0.2) is 0 Å². The third-order valence-corrected chi connectivity index (χ3v) is 14.3. The molecule has 74 heavy (non-hydrogen) atoms. The molecule has 0 aliphatic carbocycles. The number of unbranched alkanes of at least 4 members (excludes halogenated alkanes) is 7. The first-order valence-electron chi connectivity index (χ1n) is 26.4. The monoisotopic (exact) mass is 1020 g/mol. The Hall–Kier alpha value is -6.73. The molecule has 6 aromatic rings. The van der Waals surface area contributed by atoms with Crippen LogP contribution in [0.2, 0.25) is 0 Å². The van der Waals surface area contributed by atoms with Crippen molar-refractivity contribution in [2.45, 2.75) is 96.9 Å². The van der Waals surface area contributed by atoms with Gasteiger partial charge in [-0.2, -0.15) is 0 Å². The summed E-state index contributed by atoms with van der Waals surface area (Å²) in [5.74, 6) is 5.14. The van der Waals surface area contributed by atoms with Crippen LogP contribution in [0, 0.1) is 0 Å². The molecule has 6 aromatic carbocycles. The fourth-order valence-corrected chi connectivity index (χ4v) is 10.3. The first kappa shape index (κ1) is 56.6. The second kappa shape index (κ2) is 33.9. The molecule has 0 saturated carbocycles. The summed E-state index contributed by atoms with van der Waals surface area (Å²) < 4.78 is 49.4. The lowest BCUT2D eigenvalue weighted by molar-refractivity contribution is 0.116. The minimum atomic E-state index is -0.616. The molecule has 6 rings (SSSR count). The molecule has 0 atom stereocenters. The van der Waals surface area contributed by atoms with E-state index in [-0.39, 0.29) is 0 Å². The highest BCUT2D eigenvalue weighted by atomic mass is 31.1. The van der Waals surface area contributed by atoms with E-state index >= 15 is 0 Å². The summed E-state index contributed by atoms with van der Waals surface area (Å²) in [5.41, 5.74) is 2.80. The maximum Gasteiger partial charge on any atom is 0.123 e. The van der Waals surface area contributed by atoms with Gasteiger partial charge < -0.3 is 37.9 Å². The van der Waals surface area contributed by atoms with Crippen LogP contribution in [0.25, 0.3) is 0 Å². The van der Waals surface area contributed by atoms with Crippen molar-refractivity contribution in [1.29, 1.82) is 0 Å². The summed E-state index contributed by atoms with van der Waals surface area (Å²) in [7, 11) is -0.616. The Labute approximate surface area is 443 Å². The molecule has 0 unspecified atom stereocenters. The fourth-order valence-electron chi connectivity index (χ4n) is 8.06. The number of hydrogen-bond donors (Lipinski definition) is 0. The zero-order valence-corrected chi connectivity index (χ0v) is 44.4. The highest BCUT2D eigenvalue weighted by Gasteiger charge is 2.16. The Morgan fingerprint density at radius 2 is 0.622 bits per heavy atom. The van der Waals surface area contributed by atoms with Crippen LogP contribution in [0.4, 0.5) is 0 Å². The molecular formula is C65H77O8P. The van der Waals surface area contributed by atoms with Crippen molar-refractivity contribution in [2.75, 3.05) is 39.6 Å². The Morgan fingerprint density at radius 3 is 1.01 bits per heavy atom. The maximum absolute atomic E-state index is 6.46. The SMILES string of the molecule is C=CCCOc1cc(COc2cc(COCCCCCCCCCCOc3ccc(P(c4ccccc4)c4ccccc4)cc3)cc(OCc3cc(OCCC=C)cc(OCCC=C)c3)c2)cc(OCCC=C)c1. The third-order valence-electron chi connectivity index (χ3n) is 11.8. The van der Waals surface area contributed by atoms with E-state index < -0.39 is 7.92 Å². The van der Waals surface area contributed by atoms with E-state index in [9.17, 15) is 0 Å². The molecule has 0 heterocycles. The molecule has 0 spiro atoms. The Morgan fingerprint density at radius 1 is 0.297 bits per heavy atom. The quantitative estimate of drug-likeness (QED) is 0.0215. The molecule has 0 aliphatic rings. The van der Waals surface area contributed by atoms with Crippen LogP contribution >= 0.6 is 7.92 Å².